The van der Waals surface area contributed by atoms with Gasteiger partial charge >= 0.3 is 0 Å². The Morgan fingerprint density at radius 1 is 1.14 bits per heavy atom. The monoisotopic (exact) mass is 380 g/mol. The van der Waals surface area contributed by atoms with Gasteiger partial charge in [0.1, 0.15) is 19.2 Å². The van der Waals surface area contributed by atoms with E-state index < -0.39 is 0 Å². The molecule has 0 aliphatic carbocycles. The summed E-state index contributed by atoms with van der Waals surface area (Å²) >= 11 is 0. The zero-order chi connectivity index (χ0) is 19.2. The van der Waals surface area contributed by atoms with Crippen molar-refractivity contribution < 1.29 is 9.53 Å². The van der Waals surface area contributed by atoms with E-state index in [-0.39, 0.29) is 12.5 Å². The Morgan fingerprint density at radius 2 is 1.93 bits per heavy atom. The van der Waals surface area contributed by atoms with Gasteiger partial charge in [-0.05, 0) is 24.3 Å². The Bertz CT molecular complexity index is 908. The molecule has 0 atom stereocenters. The summed E-state index contributed by atoms with van der Waals surface area (Å²) in [4.78, 5) is 18.0. The summed E-state index contributed by atoms with van der Waals surface area (Å²) in [5.74, 6) is 0.488. The van der Waals surface area contributed by atoms with Crippen LogP contribution in [0.25, 0.3) is 0 Å². The second kappa shape index (κ2) is 8.44. The van der Waals surface area contributed by atoms with Gasteiger partial charge in [0, 0.05) is 30.5 Å². The number of anilines is 4. The summed E-state index contributed by atoms with van der Waals surface area (Å²) in [5, 5.41) is 18.2. The average molecular weight is 380 g/mol. The van der Waals surface area contributed by atoms with E-state index in [1.54, 1.807) is 6.20 Å². The minimum atomic E-state index is -0.171. The third kappa shape index (κ3) is 4.60. The van der Waals surface area contributed by atoms with Crippen LogP contribution in [0.5, 0.6) is 0 Å². The lowest BCUT2D eigenvalue weighted by molar-refractivity contribution is -0.116. The van der Waals surface area contributed by atoms with E-state index in [9.17, 15) is 4.79 Å². The van der Waals surface area contributed by atoms with E-state index in [4.69, 9.17) is 4.74 Å². The molecular weight excluding hydrogens is 360 g/mol. The maximum absolute atomic E-state index is 12.0. The molecule has 0 radical (unpaired) electrons. The largest absolute Gasteiger partial charge is 0.378 e. The number of benzene rings is 1. The zero-order valence-corrected chi connectivity index (χ0v) is 15.2. The van der Waals surface area contributed by atoms with Crippen molar-refractivity contribution in [3.8, 4) is 0 Å². The van der Waals surface area contributed by atoms with Gasteiger partial charge in [0.15, 0.2) is 5.82 Å². The molecule has 4 rings (SSSR count). The fourth-order valence-electron chi connectivity index (χ4n) is 2.86. The molecule has 28 heavy (non-hydrogen) atoms. The third-order valence-electron chi connectivity index (χ3n) is 4.23. The number of aromatic nitrogens is 5. The summed E-state index contributed by atoms with van der Waals surface area (Å²) in [6.07, 6.45) is 4.65. The second-order valence-electron chi connectivity index (χ2n) is 6.24. The summed E-state index contributed by atoms with van der Waals surface area (Å²) in [6.45, 7) is 3.23. The van der Waals surface area contributed by atoms with Gasteiger partial charge in [-0.25, -0.2) is 9.67 Å². The Labute approximate surface area is 161 Å². The number of carbonyl (C=O) groups is 1. The topological polar surface area (TPSA) is 110 Å². The molecule has 2 N–H and O–H groups in total. The van der Waals surface area contributed by atoms with E-state index in [2.05, 4.69) is 35.8 Å². The van der Waals surface area contributed by atoms with Crippen molar-refractivity contribution in [1.82, 2.24) is 25.0 Å². The molecule has 1 fully saturated rings. The van der Waals surface area contributed by atoms with E-state index in [1.807, 2.05) is 30.3 Å². The number of rotatable bonds is 6. The Balaban J connectivity index is 1.36. The van der Waals surface area contributed by atoms with Crippen LogP contribution < -0.4 is 15.5 Å². The standard InChI is InChI=1S/C18H20N8O2/c27-18(11-26-13-19-12-21-26)23-15-3-1-14(2-4-15)22-17-9-16(10-20-24-17)25-5-7-28-8-6-25/h1-4,9-10,12-13H,5-8,11H2,(H,22,24)(H,23,27). The van der Waals surface area contributed by atoms with Gasteiger partial charge in [0.05, 0.1) is 25.1 Å². The highest BCUT2D eigenvalue weighted by atomic mass is 16.5. The van der Waals surface area contributed by atoms with Crippen molar-refractivity contribution in [3.05, 3.63) is 49.2 Å². The second-order valence-corrected chi connectivity index (χ2v) is 6.24. The van der Waals surface area contributed by atoms with Crippen LogP contribution >= 0.6 is 0 Å². The number of hydrogen-bond acceptors (Lipinski definition) is 8. The van der Waals surface area contributed by atoms with Crippen molar-refractivity contribution in [2.45, 2.75) is 6.54 Å². The highest BCUT2D eigenvalue weighted by Gasteiger charge is 2.12. The summed E-state index contributed by atoms with van der Waals surface area (Å²) in [5.41, 5.74) is 2.56. The molecule has 10 heteroatoms. The predicted octanol–water partition coefficient (Wildman–Crippen LogP) is 1.29. The molecule has 2 aromatic heterocycles. The van der Waals surface area contributed by atoms with Gasteiger partial charge in [0.2, 0.25) is 5.91 Å². The van der Waals surface area contributed by atoms with E-state index in [1.165, 1.54) is 17.3 Å². The lowest BCUT2D eigenvalue weighted by atomic mass is 10.2. The fourth-order valence-corrected chi connectivity index (χ4v) is 2.86. The summed E-state index contributed by atoms with van der Waals surface area (Å²) in [7, 11) is 0. The maximum atomic E-state index is 12.0. The van der Waals surface area contributed by atoms with Crippen LogP contribution in [0.3, 0.4) is 0 Å². The average Bonchev–Trinajstić information content (AvgIpc) is 3.23. The number of carbonyl (C=O) groups excluding carboxylic acids is 1. The highest BCUT2D eigenvalue weighted by Crippen LogP contribution is 2.21. The lowest BCUT2D eigenvalue weighted by Gasteiger charge is -2.28. The van der Waals surface area contributed by atoms with Crippen LogP contribution in [0, 0.1) is 0 Å². The van der Waals surface area contributed by atoms with Gasteiger partial charge in [-0.15, -0.1) is 5.10 Å². The Kier molecular flexibility index (Phi) is 5.38. The maximum Gasteiger partial charge on any atom is 0.246 e. The highest BCUT2D eigenvalue weighted by molar-refractivity contribution is 5.90. The molecule has 1 saturated heterocycles. The van der Waals surface area contributed by atoms with Gasteiger partial charge < -0.3 is 20.3 Å². The molecule has 3 heterocycles. The third-order valence-corrected chi connectivity index (χ3v) is 4.23. The molecule has 10 nitrogen and oxygen atoms in total. The van der Waals surface area contributed by atoms with Crippen LogP contribution in [0.4, 0.5) is 22.9 Å². The van der Waals surface area contributed by atoms with Gasteiger partial charge in [-0.1, -0.05) is 0 Å². The molecule has 0 spiro atoms. The van der Waals surface area contributed by atoms with Crippen LogP contribution in [-0.4, -0.2) is 57.2 Å². The van der Waals surface area contributed by atoms with Crippen molar-refractivity contribution in [2.75, 3.05) is 41.8 Å². The summed E-state index contributed by atoms with van der Waals surface area (Å²) in [6, 6.07) is 9.34. The van der Waals surface area contributed by atoms with Crippen LogP contribution in [0.15, 0.2) is 49.2 Å². The Hall–Kier alpha value is -3.53. The molecule has 1 aliphatic heterocycles. The van der Waals surface area contributed by atoms with E-state index in [0.717, 1.165) is 37.7 Å². The lowest BCUT2D eigenvalue weighted by Crippen LogP contribution is -2.36. The molecule has 0 unspecified atom stereocenters. The molecule has 3 aromatic rings. The molecule has 0 bridgehead atoms. The quantitative estimate of drug-likeness (QED) is 0.658. The first-order chi connectivity index (χ1) is 13.8. The number of ether oxygens (including phenoxy) is 1. The van der Waals surface area contributed by atoms with Crippen molar-refractivity contribution >= 4 is 28.8 Å². The number of morpholine rings is 1. The minimum Gasteiger partial charge on any atom is -0.378 e. The van der Waals surface area contributed by atoms with Crippen LogP contribution in [0.2, 0.25) is 0 Å². The smallest absolute Gasteiger partial charge is 0.246 e. The molecule has 1 aromatic carbocycles. The Morgan fingerprint density at radius 3 is 2.68 bits per heavy atom. The van der Waals surface area contributed by atoms with Crippen molar-refractivity contribution in [1.29, 1.82) is 0 Å². The number of amides is 1. The predicted molar refractivity (Wildman–Crippen MR) is 103 cm³/mol. The van der Waals surface area contributed by atoms with Gasteiger partial charge in [-0.3, -0.25) is 4.79 Å². The zero-order valence-electron chi connectivity index (χ0n) is 15.2. The molecular formula is C18H20N8O2. The fraction of sp³-hybridized carbons (Fsp3) is 0.278. The van der Waals surface area contributed by atoms with Crippen molar-refractivity contribution in [3.63, 3.8) is 0 Å². The SMILES string of the molecule is O=C(Cn1cncn1)Nc1ccc(Nc2cc(N3CCOCC3)cnn2)cc1. The number of nitrogens with one attached hydrogen (secondary N) is 2. The van der Waals surface area contributed by atoms with Gasteiger partial charge in [0.25, 0.3) is 0 Å². The number of hydrogen-bond donors (Lipinski definition) is 2. The van der Waals surface area contributed by atoms with Crippen LogP contribution in [-0.2, 0) is 16.1 Å². The van der Waals surface area contributed by atoms with E-state index in [0.29, 0.717) is 11.5 Å². The van der Waals surface area contributed by atoms with E-state index >= 15 is 0 Å². The molecule has 144 valence electrons. The van der Waals surface area contributed by atoms with Crippen LogP contribution in [0.1, 0.15) is 0 Å². The van der Waals surface area contributed by atoms with Gasteiger partial charge in [-0.2, -0.15) is 10.2 Å². The summed E-state index contributed by atoms with van der Waals surface area (Å²) < 4.78 is 6.85. The molecule has 1 aliphatic rings. The first-order valence-electron chi connectivity index (χ1n) is 8.91. The molecule has 1 amide bonds. The normalized spacial score (nSPS) is 13.9. The first kappa shape index (κ1) is 17.9. The minimum absolute atomic E-state index is 0.115. The van der Waals surface area contributed by atoms with Crippen molar-refractivity contribution in [2.24, 2.45) is 0 Å². The number of nitrogens with zero attached hydrogens (tertiary/aromatic N) is 6. The first-order valence-corrected chi connectivity index (χ1v) is 8.91. The molecule has 0 saturated carbocycles.